The summed E-state index contributed by atoms with van der Waals surface area (Å²) < 4.78 is 214. The summed E-state index contributed by atoms with van der Waals surface area (Å²) in [4.78, 5) is 12.7. The monoisotopic (exact) mass is 1440 g/mol. The zero-order valence-corrected chi connectivity index (χ0v) is 56.2. The van der Waals surface area contributed by atoms with Crippen LogP contribution in [0.15, 0.2) is 136 Å². The van der Waals surface area contributed by atoms with Crippen LogP contribution in [0.2, 0.25) is 0 Å². The Labute approximate surface area is 547 Å². The fourth-order valence-electron chi connectivity index (χ4n) is 8.21. The molecular weight excluding hydrogens is 1380 g/mol. The van der Waals surface area contributed by atoms with Crippen LogP contribution < -0.4 is 35.5 Å². The second-order valence-electron chi connectivity index (χ2n) is 20.7. The number of ether oxygens (including phenoxy) is 4. The lowest BCUT2D eigenvalue weighted by molar-refractivity contribution is 0.261. The number of carbonyl (C=O) groups is 1. The maximum atomic E-state index is 14.0. The molecule has 0 fully saturated rings. The van der Waals surface area contributed by atoms with Gasteiger partial charge in [0, 0.05) is 24.3 Å². The third-order valence-electron chi connectivity index (χ3n) is 13.0. The number of amides is 2. The van der Waals surface area contributed by atoms with Gasteiger partial charge in [-0.2, -0.15) is 91.4 Å². The zero-order valence-electron chi connectivity index (χ0n) is 51.3. The first kappa shape index (κ1) is 75.6. The maximum absolute atomic E-state index is 14.0. The van der Waals surface area contributed by atoms with E-state index in [9.17, 15) is 69.0 Å². The summed E-state index contributed by atoms with van der Waals surface area (Å²) in [5.41, 5.74) is 4.16. The summed E-state index contributed by atoms with van der Waals surface area (Å²) in [6.07, 6.45) is -0.528. The lowest BCUT2D eigenvalue weighted by Crippen LogP contribution is -2.21. The SMILES string of the molecule is Cc1cc(N=Nc2ccc(OCCCS(=O)(=O)O)cc2S(=O)(=O)O)c(C)cc1N=Nc1cc(OCCCS(=O)(=O)O)c(NC(=O)Nc2cc(C)c(N=Nc3cc(C)c(N=Nc4ccc(OCCCS(=O)(=O)O)cc4S(=O)(=O)O)cc3C)cc2OCCCS(=O)(=O)ON)cc1C. The second kappa shape index (κ2) is 32.4. The summed E-state index contributed by atoms with van der Waals surface area (Å²) in [5.74, 6) is 2.40. The minimum Gasteiger partial charge on any atom is -0.494 e. The maximum Gasteiger partial charge on any atom is 0.323 e. The van der Waals surface area contributed by atoms with Gasteiger partial charge in [-0.05, 0) is 161 Å². The smallest absolute Gasteiger partial charge is 0.323 e. The zero-order chi connectivity index (χ0) is 70.3. The van der Waals surface area contributed by atoms with E-state index in [0.29, 0.717) is 44.8 Å². The molecule has 0 saturated heterocycles. The molecule has 0 heterocycles. The Kier molecular flexibility index (Phi) is 25.8. The van der Waals surface area contributed by atoms with Gasteiger partial charge in [-0.3, -0.25) is 22.8 Å². The molecule has 2 amide bonds. The van der Waals surface area contributed by atoms with Gasteiger partial charge in [-0.25, -0.2) is 4.79 Å². The Morgan fingerprint density at radius 1 is 0.379 bits per heavy atom. The van der Waals surface area contributed by atoms with E-state index in [1.807, 2.05) is 0 Å². The quantitative estimate of drug-likeness (QED) is 0.00821. The first-order valence-electron chi connectivity index (χ1n) is 27.7. The van der Waals surface area contributed by atoms with Crippen molar-refractivity contribution in [3.63, 3.8) is 0 Å². The summed E-state index contributed by atoms with van der Waals surface area (Å²) >= 11 is 0. The molecule has 6 rings (SSSR count). The number of nitrogens with zero attached hydrogens (tertiary/aromatic N) is 8. The molecule has 0 bridgehead atoms. The van der Waals surface area contributed by atoms with Crippen molar-refractivity contribution in [2.75, 3.05) is 60.1 Å². The van der Waals surface area contributed by atoms with Crippen molar-refractivity contribution in [3.05, 3.63) is 118 Å². The number of nitrogens with one attached hydrogen (secondary N) is 2. The van der Waals surface area contributed by atoms with Gasteiger partial charge >= 0.3 is 6.03 Å². The fourth-order valence-corrected chi connectivity index (χ4v) is 11.5. The first-order valence-corrected chi connectivity index (χ1v) is 37.0. The number of urea groups is 1. The largest absolute Gasteiger partial charge is 0.494 e. The number of nitrogens with two attached hydrogens (primary N) is 1. The Balaban J connectivity index is 1.24. The molecular formula is C55H65N11O23S6. The normalized spacial score (nSPS) is 12.7. The van der Waals surface area contributed by atoms with Gasteiger partial charge in [0.25, 0.3) is 60.7 Å². The molecule has 0 aliphatic carbocycles. The van der Waals surface area contributed by atoms with Crippen LogP contribution in [0.1, 0.15) is 59.1 Å². The van der Waals surface area contributed by atoms with E-state index < -0.39 is 99.5 Å². The molecule has 95 heavy (non-hydrogen) atoms. The second-order valence-corrected chi connectivity index (χ2v) is 29.9. The topological polar surface area (TPSA) is 518 Å². The Bertz CT molecular complexity index is 4710. The molecule has 40 heteroatoms. The van der Waals surface area contributed by atoms with Crippen LogP contribution in [-0.2, 0) is 65.0 Å². The van der Waals surface area contributed by atoms with E-state index in [4.69, 9.17) is 33.9 Å². The van der Waals surface area contributed by atoms with Gasteiger partial charge in [-0.15, -0.1) is 10.2 Å². The van der Waals surface area contributed by atoms with Crippen LogP contribution >= 0.6 is 0 Å². The molecule has 6 aromatic rings. The molecule has 0 aliphatic rings. The number of azo groups is 4. The predicted octanol–water partition coefficient (Wildman–Crippen LogP) is 11.3. The molecule has 0 saturated carbocycles. The van der Waals surface area contributed by atoms with Crippen LogP contribution in [0.4, 0.5) is 61.7 Å². The minimum absolute atomic E-state index is 0.00943. The van der Waals surface area contributed by atoms with Crippen molar-refractivity contribution in [1.29, 1.82) is 0 Å². The van der Waals surface area contributed by atoms with E-state index >= 15 is 0 Å². The number of anilines is 2. The van der Waals surface area contributed by atoms with Crippen molar-refractivity contribution in [1.82, 2.24) is 0 Å². The highest BCUT2D eigenvalue weighted by Crippen LogP contribution is 2.40. The lowest BCUT2D eigenvalue weighted by atomic mass is 10.1. The van der Waals surface area contributed by atoms with Crippen molar-refractivity contribution in [3.8, 4) is 23.0 Å². The van der Waals surface area contributed by atoms with Crippen molar-refractivity contribution in [2.24, 2.45) is 46.8 Å². The highest BCUT2D eigenvalue weighted by molar-refractivity contribution is 7.87. The molecule has 0 unspecified atom stereocenters. The Morgan fingerprint density at radius 3 is 0.947 bits per heavy atom. The Morgan fingerprint density at radius 2 is 0.653 bits per heavy atom. The van der Waals surface area contributed by atoms with E-state index in [2.05, 4.69) is 55.8 Å². The first-order chi connectivity index (χ1) is 44.3. The Hall–Kier alpha value is -8.39. The molecule has 0 aromatic heterocycles. The van der Waals surface area contributed by atoms with Crippen LogP contribution in [0, 0.1) is 41.5 Å². The van der Waals surface area contributed by atoms with E-state index in [0.717, 1.165) is 12.1 Å². The number of hydrogen-bond donors (Lipinski definition) is 8. The minimum atomic E-state index is -4.87. The summed E-state index contributed by atoms with van der Waals surface area (Å²) in [7, 11) is -26.7. The van der Waals surface area contributed by atoms with Gasteiger partial charge in [0.15, 0.2) is 0 Å². The van der Waals surface area contributed by atoms with Crippen molar-refractivity contribution >= 4 is 124 Å². The predicted molar refractivity (Wildman–Crippen MR) is 345 cm³/mol. The molecule has 0 aliphatic heterocycles. The number of benzene rings is 6. The third-order valence-corrected chi connectivity index (χ3v) is 18.2. The number of aryl methyl sites for hydroxylation is 6. The molecule has 34 nitrogen and oxygen atoms in total. The van der Waals surface area contributed by atoms with Gasteiger partial charge in [0.1, 0.15) is 44.2 Å². The van der Waals surface area contributed by atoms with Crippen LogP contribution in [0.25, 0.3) is 0 Å². The average Bonchev–Trinajstić information content (AvgIpc) is 1.67. The van der Waals surface area contributed by atoms with Crippen molar-refractivity contribution < 1.29 is 101 Å². The number of rotatable bonds is 33. The molecule has 9 N–H and O–H groups in total. The lowest BCUT2D eigenvalue weighted by Gasteiger charge is -2.17. The number of hydrogen-bond acceptors (Lipinski definition) is 27. The van der Waals surface area contributed by atoms with E-state index in [1.54, 1.807) is 65.8 Å². The average molecular weight is 1440 g/mol. The highest BCUT2D eigenvalue weighted by Gasteiger charge is 2.22. The van der Waals surface area contributed by atoms with Crippen LogP contribution in [0.3, 0.4) is 0 Å². The molecule has 0 atom stereocenters. The highest BCUT2D eigenvalue weighted by atomic mass is 32.2. The standard InChI is InChI=1S/C55H65N11O23S6/c1-33-25-45(35(3)23-43(33)61-59-41-13-11-39(29-53(41)94(79,80)81)85-15-7-19-90(68,69)70)63-65-47-31-51(87-17-9-21-92(74,75)76)49(27-37(47)5)57-55(67)58-50-28-38(6)48(32-52(50)88-18-10-22-93(77,78)89-56)66-64-46-26-34(2)44(24-36(46)4)62-60-42-14-12-40(30-54(42)95(82,83)84)86-16-8-20-91(71,72)73/h11-14,23-32H,7-10,15-22,56H2,1-6H3,(H2,57,58,67)(H,68,69,70)(H,71,72,73)(H,74,75,76)(H,79,80,81)(H,82,83,84). The van der Waals surface area contributed by atoms with Gasteiger partial charge in [0.2, 0.25) is 0 Å². The number of carbonyl (C=O) groups excluding carboxylic acids is 1. The van der Waals surface area contributed by atoms with Gasteiger partial charge < -0.3 is 29.6 Å². The van der Waals surface area contributed by atoms with Gasteiger partial charge in [0.05, 0.1) is 94.9 Å². The fraction of sp³-hybridized carbons (Fsp3) is 0.327. The molecule has 0 spiro atoms. The van der Waals surface area contributed by atoms with Crippen molar-refractivity contribution in [2.45, 2.75) is 77.0 Å². The third kappa shape index (κ3) is 24.4. The molecule has 514 valence electrons. The van der Waals surface area contributed by atoms with Crippen LogP contribution in [-0.4, -0.2) is 129 Å². The molecule has 0 radical (unpaired) electrons. The van der Waals surface area contributed by atoms with E-state index in [-0.39, 0.29) is 121 Å². The van der Waals surface area contributed by atoms with E-state index in [1.165, 1.54) is 48.5 Å². The summed E-state index contributed by atoms with van der Waals surface area (Å²) in [6.45, 7) is 9.02. The summed E-state index contributed by atoms with van der Waals surface area (Å²) in [5, 5.41) is 39.5. The van der Waals surface area contributed by atoms with Crippen LogP contribution in [0.5, 0.6) is 23.0 Å². The molecule has 6 aromatic carbocycles. The summed E-state index contributed by atoms with van der Waals surface area (Å²) in [6, 6.07) is 18.3. The van der Waals surface area contributed by atoms with Gasteiger partial charge in [-0.1, -0.05) is 0 Å².